The minimum Gasteiger partial charge on any atom is -0.476 e. The summed E-state index contributed by atoms with van der Waals surface area (Å²) in [7, 11) is 0. The van der Waals surface area contributed by atoms with Crippen molar-refractivity contribution in [2.45, 2.75) is 173 Å². The fraction of sp³-hybridized carbons (Fsp3) is 0.305. The van der Waals surface area contributed by atoms with Gasteiger partial charge in [-0.25, -0.2) is 14.8 Å². The van der Waals surface area contributed by atoms with Crippen molar-refractivity contribution in [3.63, 3.8) is 0 Å². The number of ketones is 4. The number of nitrogens with one attached hydrogen (secondary N) is 6. The molecule has 7 amide bonds. The van der Waals surface area contributed by atoms with Crippen LogP contribution < -0.4 is 43.4 Å². The van der Waals surface area contributed by atoms with Gasteiger partial charge in [-0.1, -0.05) is 172 Å². The number of aromatic nitrogens is 4. The molecule has 9 heterocycles. The number of carboxylic acid groups (broad SMARTS) is 1. The minimum absolute atomic E-state index is 0.00858. The number of carbonyl (C=O) groups excluding carboxylic acids is 11. The maximum atomic E-state index is 14.0. The summed E-state index contributed by atoms with van der Waals surface area (Å²) in [6.07, 6.45) is 16.0. The van der Waals surface area contributed by atoms with Crippen molar-refractivity contribution >= 4 is 197 Å². The van der Waals surface area contributed by atoms with E-state index < -0.39 is 81.7 Å². The smallest absolute Gasteiger partial charge is 0.355 e. The van der Waals surface area contributed by atoms with E-state index in [0.717, 1.165) is 80.2 Å². The van der Waals surface area contributed by atoms with Crippen LogP contribution in [0.3, 0.4) is 0 Å². The molecule has 145 heavy (non-hydrogen) atoms. The van der Waals surface area contributed by atoms with Gasteiger partial charge in [0.05, 0.1) is 88.4 Å². The van der Waals surface area contributed by atoms with Crippen molar-refractivity contribution in [1.82, 2.24) is 51.4 Å². The topological polar surface area (TPSA) is 430 Å². The van der Waals surface area contributed by atoms with Gasteiger partial charge in [-0.15, -0.1) is 34.0 Å². The monoisotopic (exact) mass is 2170 g/mol. The van der Waals surface area contributed by atoms with Gasteiger partial charge in [-0.2, -0.15) is 0 Å². The first-order valence-electron chi connectivity index (χ1n) is 46.5. The molecule has 4 aliphatic carbocycles. The van der Waals surface area contributed by atoms with Crippen molar-refractivity contribution in [1.29, 1.82) is 0 Å². The lowest BCUT2D eigenvalue weighted by molar-refractivity contribution is -0.131. The fourth-order valence-electron chi connectivity index (χ4n) is 19.4. The average molecular weight is 2180 g/mol. The van der Waals surface area contributed by atoms with Crippen molar-refractivity contribution in [2.75, 3.05) is 26.4 Å². The molecule has 20 rings (SSSR count). The highest BCUT2D eigenvalue weighted by molar-refractivity contribution is 7.14. The number of hydrogen-bond donors (Lipinski definition) is 9. The molecule has 0 radical (unpaired) electrons. The normalized spacial score (nSPS) is 21.6. The zero-order chi connectivity index (χ0) is 103. The van der Waals surface area contributed by atoms with E-state index in [4.69, 9.17) is 128 Å². The number of thiophene rings is 2. The number of benzene rings is 7. The summed E-state index contributed by atoms with van der Waals surface area (Å²) < 4.78 is 24.2. The predicted molar refractivity (Wildman–Crippen MR) is 556 cm³/mol. The number of amides is 7. The number of aromatic carboxylic acids is 1. The predicted octanol–water partition coefficient (Wildman–Crippen LogP) is 17.5. The first kappa shape index (κ1) is 106. The van der Waals surface area contributed by atoms with Gasteiger partial charge in [0.1, 0.15) is 65.7 Å². The fourth-order valence-corrected chi connectivity index (χ4v) is 23.0. The standard InChI is InChI=1S/C27H24Cl2N2O4S.C26H24Cl2N4O4.C26H23Cl2N3O4S.C16H18Cl2N2O3.C10H7NO2S/c28-19-10-5-16(13-20(19)29)14-21(26(34)31-27-11-1-4-24(27)35-15-23(27)32)30-25(33)18-8-6-17(7-9-18)22-3-2-12-36-22;27-20-6-3-15(11-21(20)28)10-19(25(35)31-26-7-1-2-23(26)36-13-22(26)33)18-12-16(32-9-8-30-14-32)4-5-17(18)24(29)34;27-18-6-5-15(9-19(18)28)10-20(25(34)31-26-7-1-4-23(26)35-14-22(26)32)30-24(33)17-11-16(12-29-13-17)21-3-2-8-36-21;17-10-4-3-9(6-11(10)18)7-12(19)15(22)20-16-5-1-2-14(16)23-8-13(16)21;12-10(13)8-6-14-9(11-8)7-4-2-1-3-5-7/h2-3,5-10,12-13,21,24H,1,4,11,14-15H2,(H,30,33)(H,31,34);3-6,8-9,11-12,14,19,23H,1-2,7,10,13H2,(H2,29,34)(H,31,35);2-3,5-6,8-9,11-13,20,23H,1,4,7,10,14H2,(H,30,33)(H,31,34);3-4,6,12,14H,1-2,5,7-8,19H2,(H,20,22);1-6H,(H,12,13). The molecule has 8 fully saturated rings. The molecule has 8 aliphatic rings. The molecule has 0 spiro atoms. The zero-order valence-electron chi connectivity index (χ0n) is 77.3. The van der Waals surface area contributed by atoms with Crippen molar-refractivity contribution in [3.05, 3.63) is 314 Å². The van der Waals surface area contributed by atoms with E-state index in [1.54, 1.807) is 167 Å². The van der Waals surface area contributed by atoms with E-state index in [2.05, 4.69) is 46.9 Å². The molecule has 12 unspecified atom stereocenters. The molecule has 29 nitrogen and oxygen atoms in total. The maximum absolute atomic E-state index is 14.0. The lowest BCUT2D eigenvalue weighted by Gasteiger charge is -2.30. The van der Waals surface area contributed by atoms with Gasteiger partial charge in [0.2, 0.25) is 29.5 Å². The Hall–Kier alpha value is -11.5. The lowest BCUT2D eigenvalue weighted by Crippen LogP contribution is -2.60. The molecule has 11 N–H and O–H groups in total. The third kappa shape index (κ3) is 24.5. The van der Waals surface area contributed by atoms with Crippen molar-refractivity contribution < 1.29 is 81.6 Å². The van der Waals surface area contributed by atoms with E-state index >= 15 is 0 Å². The van der Waals surface area contributed by atoms with Crippen LogP contribution in [0.4, 0.5) is 0 Å². The quantitative estimate of drug-likeness (QED) is 0.0231. The Labute approximate surface area is 885 Å². The van der Waals surface area contributed by atoms with Gasteiger partial charge in [0.25, 0.3) is 11.8 Å². The number of nitrogens with two attached hydrogens (primary N) is 2. The third-order valence-electron chi connectivity index (χ3n) is 27.0. The largest absolute Gasteiger partial charge is 0.476 e. The molecular formula is C105H96Cl8N12O17S3. The van der Waals surface area contributed by atoms with Crippen LogP contribution in [0.2, 0.25) is 40.2 Å². The van der Waals surface area contributed by atoms with Crippen LogP contribution in [0.1, 0.15) is 152 Å². The number of ether oxygens (including phenoxy) is 4. The van der Waals surface area contributed by atoms with Gasteiger partial charge in [-0.05, 0) is 231 Å². The number of rotatable bonds is 27. The maximum Gasteiger partial charge on any atom is 0.355 e. The summed E-state index contributed by atoms with van der Waals surface area (Å²) in [5.41, 5.74) is 15.7. The Morgan fingerprint density at radius 3 is 1.30 bits per heavy atom. The van der Waals surface area contributed by atoms with Crippen LogP contribution in [0.5, 0.6) is 0 Å². The lowest BCUT2D eigenvalue weighted by atomic mass is 9.85. The highest BCUT2D eigenvalue weighted by Gasteiger charge is 2.59. The van der Waals surface area contributed by atoms with Crippen LogP contribution in [-0.2, 0) is 83.0 Å². The zero-order valence-corrected chi connectivity index (χ0v) is 85.8. The molecule has 5 aromatic heterocycles. The molecular weight excluding hydrogens is 2080 g/mol. The van der Waals surface area contributed by atoms with E-state index in [1.807, 2.05) is 77.5 Å². The molecule has 7 aromatic carbocycles. The number of Topliss-reactive ketones (excluding diaryl/α,β-unsaturated/α-hetero) is 4. The molecule has 4 saturated carbocycles. The first-order valence-corrected chi connectivity index (χ1v) is 52.2. The highest BCUT2D eigenvalue weighted by atomic mass is 35.5. The summed E-state index contributed by atoms with van der Waals surface area (Å²) in [6.45, 7) is 0.0132. The summed E-state index contributed by atoms with van der Waals surface area (Å²) in [4.78, 5) is 168. The number of primary amides is 1. The molecule has 4 saturated heterocycles. The number of fused-ring (bicyclic) bond motifs is 4. The molecule has 12 atom stereocenters. The van der Waals surface area contributed by atoms with Gasteiger partial charge < -0.3 is 72.0 Å². The number of hydrogen-bond acceptors (Lipinski definition) is 23. The number of pyridine rings is 1. The van der Waals surface area contributed by atoms with Crippen LogP contribution in [0, 0.1) is 0 Å². The van der Waals surface area contributed by atoms with Crippen molar-refractivity contribution in [2.24, 2.45) is 11.5 Å². The molecule has 752 valence electrons. The average Bonchev–Trinajstić information content (AvgIpc) is 1.63. The summed E-state index contributed by atoms with van der Waals surface area (Å²) in [5, 5.41) is 35.5. The Kier molecular flexibility index (Phi) is 34.5. The van der Waals surface area contributed by atoms with Crippen LogP contribution >= 0.6 is 127 Å². The number of carbonyl (C=O) groups is 12. The molecule has 4 aliphatic heterocycles. The van der Waals surface area contributed by atoms with Crippen molar-refractivity contribution in [3.8, 4) is 37.1 Å². The highest BCUT2D eigenvalue weighted by Crippen LogP contribution is 2.44. The number of imidazole rings is 1. The molecule has 0 bridgehead atoms. The van der Waals surface area contributed by atoms with E-state index in [1.165, 1.54) is 17.5 Å². The summed E-state index contributed by atoms with van der Waals surface area (Å²) in [6, 6.07) is 49.2. The first-order chi connectivity index (χ1) is 69.7. The summed E-state index contributed by atoms with van der Waals surface area (Å²) in [5.74, 6) is -5.40. The number of halogens is 8. The Morgan fingerprint density at radius 1 is 0.441 bits per heavy atom. The number of thiazole rings is 1. The van der Waals surface area contributed by atoms with Crippen LogP contribution in [0.15, 0.2) is 223 Å². The Balaban J connectivity index is 0.000000134. The number of nitrogens with zero attached hydrogens (tertiary/aromatic N) is 4. The number of carboxylic acids is 1. The summed E-state index contributed by atoms with van der Waals surface area (Å²) >= 11 is 53.2. The Morgan fingerprint density at radius 2 is 0.876 bits per heavy atom. The van der Waals surface area contributed by atoms with Gasteiger partial charge in [0, 0.05) is 80.7 Å². The molecule has 40 heteroatoms. The van der Waals surface area contributed by atoms with E-state index in [9.17, 15) is 57.5 Å². The van der Waals surface area contributed by atoms with E-state index in [-0.39, 0.29) is 116 Å². The van der Waals surface area contributed by atoms with Crippen LogP contribution in [-0.4, -0.2) is 186 Å². The minimum atomic E-state index is -1.05. The second-order valence-corrected chi connectivity index (χ2v) is 42.1. The van der Waals surface area contributed by atoms with E-state index in [0.29, 0.717) is 119 Å². The van der Waals surface area contributed by atoms with Gasteiger partial charge in [0.15, 0.2) is 28.8 Å². The SMILES string of the molecule is NC(=O)c1ccc(-n2ccnc2)cc1C(Cc1ccc(Cl)c(Cl)c1)C(=O)NC12CCCC1OCC2=O.NC(Cc1ccc(Cl)c(Cl)c1)C(=O)NC12CCCC1OCC2=O.O=C(NC(Cc1ccc(Cl)c(Cl)c1)C(=O)NC12CCCC1OCC2=O)c1ccc(-c2cccs2)cc1.O=C(NC(Cc1ccc(Cl)c(Cl)c1)C(=O)NC12CCCC1OCC2=O)c1cncc(-c2cccs2)c1.O=C(O)c1csc(-c2ccccc2)n1. The van der Waals surface area contributed by atoms with Crippen LogP contribution in [0.25, 0.3) is 37.1 Å². The second kappa shape index (κ2) is 47.1. The van der Waals surface area contributed by atoms with Gasteiger partial charge in [-0.3, -0.25) is 57.7 Å². The second-order valence-electron chi connectivity index (χ2n) is 36.1. The van der Waals surface area contributed by atoms with Gasteiger partial charge >= 0.3 is 5.97 Å². The third-order valence-corrected chi connectivity index (χ3v) is 32.7. The molecule has 12 aromatic rings. The Bertz CT molecular complexity index is 6870.